The first-order valence-electron chi connectivity index (χ1n) is 8.76. The van der Waals surface area contributed by atoms with Crippen LogP contribution in [0.15, 0.2) is 55.0 Å². The van der Waals surface area contributed by atoms with Gasteiger partial charge in [-0.1, -0.05) is 18.2 Å². The minimum absolute atomic E-state index is 0.0642. The van der Waals surface area contributed by atoms with E-state index < -0.39 is 11.8 Å². The molecule has 0 saturated heterocycles. The van der Waals surface area contributed by atoms with Crippen molar-refractivity contribution < 1.29 is 13.9 Å². The smallest absolute Gasteiger partial charge is 0.319 e. The summed E-state index contributed by atoms with van der Waals surface area (Å²) in [6.07, 6.45) is 2.96. The van der Waals surface area contributed by atoms with Gasteiger partial charge >= 0.3 is 6.03 Å². The molecule has 2 aromatic heterocycles. The van der Waals surface area contributed by atoms with Crippen LogP contribution in [0.2, 0.25) is 0 Å². The van der Waals surface area contributed by atoms with Crippen molar-refractivity contribution in [3.8, 4) is 17.0 Å². The van der Waals surface area contributed by atoms with Crippen molar-refractivity contribution >= 4 is 22.8 Å². The highest BCUT2D eigenvalue weighted by Gasteiger charge is 2.12. The van der Waals surface area contributed by atoms with Crippen LogP contribution in [0.25, 0.3) is 22.3 Å². The van der Waals surface area contributed by atoms with Gasteiger partial charge in [-0.25, -0.2) is 19.2 Å². The first-order valence-corrected chi connectivity index (χ1v) is 8.76. The fourth-order valence-electron chi connectivity index (χ4n) is 2.89. The van der Waals surface area contributed by atoms with Gasteiger partial charge in [0.05, 0.1) is 30.1 Å². The topological polar surface area (TPSA) is 105 Å². The lowest BCUT2D eigenvalue weighted by molar-refractivity contribution is 0.251. The molecule has 29 heavy (non-hydrogen) atoms. The second-order valence-electron chi connectivity index (χ2n) is 6.21. The van der Waals surface area contributed by atoms with Gasteiger partial charge < -0.3 is 15.4 Å². The molecule has 4 rings (SSSR count). The van der Waals surface area contributed by atoms with Crippen LogP contribution in [0.5, 0.6) is 5.75 Å². The molecule has 0 unspecified atom stereocenters. The lowest BCUT2D eigenvalue weighted by Crippen LogP contribution is -2.28. The van der Waals surface area contributed by atoms with Crippen molar-refractivity contribution in [2.45, 2.75) is 6.54 Å². The van der Waals surface area contributed by atoms with Gasteiger partial charge in [0.2, 0.25) is 0 Å². The third-order valence-electron chi connectivity index (χ3n) is 4.33. The van der Waals surface area contributed by atoms with E-state index in [1.165, 1.54) is 18.5 Å². The van der Waals surface area contributed by atoms with E-state index in [2.05, 4.69) is 30.8 Å². The average Bonchev–Trinajstić information content (AvgIpc) is 3.23. The first kappa shape index (κ1) is 18.4. The van der Waals surface area contributed by atoms with Crippen LogP contribution in [0.4, 0.5) is 14.9 Å². The molecule has 0 aliphatic heterocycles. The lowest BCUT2D eigenvalue weighted by atomic mass is 10.1. The number of hydrogen-bond acceptors (Lipinski definition) is 5. The number of nitrogens with one attached hydrogen (secondary N) is 3. The zero-order valence-electron chi connectivity index (χ0n) is 15.4. The Hall–Kier alpha value is -4.01. The van der Waals surface area contributed by atoms with Gasteiger partial charge in [-0.05, 0) is 29.8 Å². The highest BCUT2D eigenvalue weighted by molar-refractivity contribution is 5.92. The van der Waals surface area contributed by atoms with Gasteiger partial charge in [-0.2, -0.15) is 5.10 Å². The number of aromatic amines is 1. The number of H-pyrrole nitrogens is 1. The number of hydrogen-bond donors (Lipinski definition) is 3. The summed E-state index contributed by atoms with van der Waals surface area (Å²) in [6.45, 7) is 0.280. The van der Waals surface area contributed by atoms with Crippen molar-refractivity contribution in [1.82, 2.24) is 25.5 Å². The number of nitrogens with zero attached hydrogens (tertiary/aromatic N) is 3. The predicted molar refractivity (Wildman–Crippen MR) is 106 cm³/mol. The summed E-state index contributed by atoms with van der Waals surface area (Å²) in [5, 5.41) is 12.6. The molecule has 2 aromatic carbocycles. The maximum absolute atomic E-state index is 14.6. The Morgan fingerprint density at radius 2 is 2.10 bits per heavy atom. The van der Waals surface area contributed by atoms with Gasteiger partial charge in [0.25, 0.3) is 0 Å². The van der Waals surface area contributed by atoms with E-state index in [1.54, 1.807) is 19.4 Å². The van der Waals surface area contributed by atoms with Gasteiger partial charge in [0, 0.05) is 12.1 Å². The fourth-order valence-corrected chi connectivity index (χ4v) is 2.89. The largest absolute Gasteiger partial charge is 0.497 e. The minimum atomic E-state index is -0.575. The molecule has 2 amide bonds. The standard InChI is InChI=1S/C20H17FN6O2/c1-29-14-4-2-3-12(7-14)9-22-20(28)26-17-6-5-13(8-16(17)21)18-15-10-25-27-19(15)24-11-23-18/h2-8,10-11H,9H2,1H3,(H2,22,26,28)(H,23,24,25,27). The van der Waals surface area contributed by atoms with Gasteiger partial charge in [0.1, 0.15) is 17.9 Å². The molecule has 9 heteroatoms. The third-order valence-corrected chi connectivity index (χ3v) is 4.33. The Balaban J connectivity index is 1.45. The zero-order valence-corrected chi connectivity index (χ0v) is 15.4. The van der Waals surface area contributed by atoms with Crippen LogP contribution in [0.3, 0.4) is 0 Å². The zero-order chi connectivity index (χ0) is 20.2. The molecule has 0 fully saturated rings. The van der Waals surface area contributed by atoms with E-state index in [1.807, 2.05) is 24.3 Å². The molecule has 0 aliphatic rings. The van der Waals surface area contributed by atoms with Crippen LogP contribution in [0.1, 0.15) is 5.56 Å². The fraction of sp³-hybridized carbons (Fsp3) is 0.100. The average molecular weight is 392 g/mol. The van der Waals surface area contributed by atoms with Crippen LogP contribution < -0.4 is 15.4 Å². The van der Waals surface area contributed by atoms with Gasteiger partial charge in [-0.3, -0.25) is 5.10 Å². The number of ether oxygens (including phenoxy) is 1. The summed E-state index contributed by atoms with van der Waals surface area (Å²) in [6, 6.07) is 11.3. The molecule has 0 atom stereocenters. The van der Waals surface area contributed by atoms with Crippen molar-refractivity contribution in [3.63, 3.8) is 0 Å². The Kier molecular flexibility index (Phi) is 5.02. The summed E-state index contributed by atoms with van der Waals surface area (Å²) in [7, 11) is 1.57. The molecule has 8 nitrogen and oxygen atoms in total. The number of halogens is 1. The molecular weight excluding hydrogens is 375 g/mol. The normalized spacial score (nSPS) is 10.7. The first-order chi connectivity index (χ1) is 14.1. The van der Waals surface area contributed by atoms with Crippen molar-refractivity contribution in [2.75, 3.05) is 12.4 Å². The molecule has 146 valence electrons. The van der Waals surface area contributed by atoms with Crippen LogP contribution in [-0.2, 0) is 6.54 Å². The molecule has 4 aromatic rings. The Morgan fingerprint density at radius 1 is 1.21 bits per heavy atom. The molecule has 3 N–H and O–H groups in total. The number of aromatic nitrogens is 4. The summed E-state index contributed by atoms with van der Waals surface area (Å²) in [5.74, 6) is 0.122. The second kappa shape index (κ2) is 7.93. The highest BCUT2D eigenvalue weighted by Crippen LogP contribution is 2.27. The van der Waals surface area contributed by atoms with E-state index in [9.17, 15) is 9.18 Å². The van der Waals surface area contributed by atoms with E-state index >= 15 is 0 Å². The predicted octanol–water partition coefficient (Wildman–Crippen LogP) is 3.49. The van der Waals surface area contributed by atoms with E-state index in [-0.39, 0.29) is 12.2 Å². The maximum atomic E-state index is 14.6. The number of anilines is 1. The monoisotopic (exact) mass is 392 g/mol. The molecule has 0 bridgehead atoms. The molecule has 0 aliphatic carbocycles. The van der Waals surface area contributed by atoms with Gasteiger partial charge in [-0.15, -0.1) is 0 Å². The summed E-state index contributed by atoms with van der Waals surface area (Å²) in [4.78, 5) is 20.4. The summed E-state index contributed by atoms with van der Waals surface area (Å²) >= 11 is 0. The Labute approximate surface area is 165 Å². The number of urea groups is 1. The molecular formula is C20H17FN6O2. The second-order valence-corrected chi connectivity index (χ2v) is 6.21. The quantitative estimate of drug-likeness (QED) is 0.482. The minimum Gasteiger partial charge on any atom is -0.497 e. The van der Waals surface area contributed by atoms with E-state index in [4.69, 9.17) is 4.74 Å². The molecule has 0 spiro atoms. The van der Waals surface area contributed by atoms with Crippen molar-refractivity contribution in [2.24, 2.45) is 0 Å². The van der Waals surface area contributed by atoms with Crippen LogP contribution in [0, 0.1) is 5.82 Å². The number of rotatable bonds is 5. The van der Waals surface area contributed by atoms with Crippen molar-refractivity contribution in [1.29, 1.82) is 0 Å². The summed E-state index contributed by atoms with van der Waals surface area (Å²) < 4.78 is 19.7. The van der Waals surface area contributed by atoms with Crippen LogP contribution >= 0.6 is 0 Å². The molecule has 0 saturated carbocycles. The van der Waals surface area contributed by atoms with Crippen LogP contribution in [-0.4, -0.2) is 33.3 Å². The molecule has 0 radical (unpaired) electrons. The number of benzene rings is 2. The number of fused-ring (bicyclic) bond motifs is 1. The number of amides is 2. The highest BCUT2D eigenvalue weighted by atomic mass is 19.1. The number of carbonyl (C=O) groups is 1. The lowest BCUT2D eigenvalue weighted by Gasteiger charge is -2.10. The van der Waals surface area contributed by atoms with Gasteiger partial charge in [0.15, 0.2) is 5.65 Å². The Bertz CT molecular complexity index is 1180. The number of methoxy groups -OCH3 is 1. The SMILES string of the molecule is COc1cccc(CNC(=O)Nc2ccc(-c3ncnc4[nH]ncc34)cc2F)c1. The molecule has 2 heterocycles. The van der Waals surface area contributed by atoms with Crippen molar-refractivity contribution in [3.05, 3.63) is 66.4 Å². The van der Waals surface area contributed by atoms with E-state index in [0.717, 1.165) is 5.56 Å². The third kappa shape index (κ3) is 3.98. The Morgan fingerprint density at radius 3 is 2.93 bits per heavy atom. The summed E-state index contributed by atoms with van der Waals surface area (Å²) in [5.41, 5.74) is 2.60. The van der Waals surface area contributed by atoms with E-state index in [0.29, 0.717) is 28.0 Å². The number of carbonyl (C=O) groups excluding carboxylic acids is 1. The maximum Gasteiger partial charge on any atom is 0.319 e.